The molecule has 0 saturated carbocycles. The highest BCUT2D eigenvalue weighted by atomic mass is 16.1. The van der Waals surface area contributed by atoms with Gasteiger partial charge in [0.05, 0.1) is 17.8 Å². The maximum atomic E-state index is 9.98. The van der Waals surface area contributed by atoms with E-state index >= 15 is 0 Å². The zero-order valence-corrected chi connectivity index (χ0v) is 7.53. The highest BCUT2D eigenvalue weighted by Crippen LogP contribution is 2.11. The van der Waals surface area contributed by atoms with Gasteiger partial charge in [-0.3, -0.25) is 9.78 Å². The van der Waals surface area contributed by atoms with Gasteiger partial charge >= 0.3 is 6.41 Å². The Balaban J connectivity index is 2.36. The summed E-state index contributed by atoms with van der Waals surface area (Å²) < 4.78 is 0. The van der Waals surface area contributed by atoms with E-state index in [1.807, 2.05) is 36.4 Å². The molecule has 2 rings (SSSR count). The first-order chi connectivity index (χ1) is 6.90. The summed E-state index contributed by atoms with van der Waals surface area (Å²) in [5.74, 6) is 0. The van der Waals surface area contributed by atoms with Gasteiger partial charge in [0.25, 0.3) is 0 Å². The lowest BCUT2D eigenvalue weighted by Crippen LogP contribution is -2.10. The van der Waals surface area contributed by atoms with Gasteiger partial charge in [-0.25, -0.2) is 0 Å². The van der Waals surface area contributed by atoms with Crippen molar-refractivity contribution < 1.29 is 4.79 Å². The van der Waals surface area contributed by atoms with Crippen molar-refractivity contribution >= 4 is 17.3 Å². The van der Waals surface area contributed by atoms with Crippen molar-refractivity contribution in [1.29, 1.82) is 0 Å². The normalized spacial score (nSPS) is 10.0. The number of amides is 1. The van der Waals surface area contributed by atoms with E-state index in [1.54, 1.807) is 6.41 Å². The third-order valence-corrected chi connectivity index (χ3v) is 2.00. The van der Waals surface area contributed by atoms with Gasteiger partial charge in [0.2, 0.25) is 0 Å². The second-order valence-electron chi connectivity index (χ2n) is 2.95. The average Bonchev–Trinajstić information content (AvgIpc) is 2.26. The Labute approximate surface area is 81.8 Å². The minimum atomic E-state index is 0.425. The fourth-order valence-electron chi connectivity index (χ4n) is 1.33. The van der Waals surface area contributed by atoms with E-state index in [0.717, 1.165) is 16.6 Å². The van der Waals surface area contributed by atoms with Gasteiger partial charge in [-0.1, -0.05) is 24.3 Å². The number of nitrogens with zero attached hydrogens (tertiary/aromatic N) is 1. The maximum absolute atomic E-state index is 9.98. The third kappa shape index (κ3) is 1.71. The Morgan fingerprint density at radius 1 is 1.21 bits per heavy atom. The second kappa shape index (κ2) is 3.87. The zero-order chi connectivity index (χ0) is 9.80. The molecule has 1 amide bonds. The fourth-order valence-corrected chi connectivity index (χ4v) is 1.33. The summed E-state index contributed by atoms with van der Waals surface area (Å²) in [6.07, 6.45) is 1.62. The van der Waals surface area contributed by atoms with Gasteiger partial charge in [-0.15, -0.1) is 0 Å². The number of hydrogen-bond donors (Lipinski definition) is 1. The molecule has 0 aliphatic rings. The second-order valence-corrected chi connectivity index (χ2v) is 2.95. The lowest BCUT2D eigenvalue weighted by molar-refractivity contribution is 0.541. The summed E-state index contributed by atoms with van der Waals surface area (Å²) in [5.41, 5.74) is 1.78. The number of benzene rings is 1. The van der Waals surface area contributed by atoms with E-state index in [2.05, 4.69) is 10.3 Å². The number of pyridine rings is 1. The van der Waals surface area contributed by atoms with E-state index < -0.39 is 0 Å². The number of rotatable bonds is 3. The largest absolute Gasteiger partial charge is 0.342 e. The van der Waals surface area contributed by atoms with Crippen LogP contribution in [0.1, 0.15) is 5.69 Å². The Kier molecular flexibility index (Phi) is 2.40. The number of fused-ring (bicyclic) bond motifs is 1. The van der Waals surface area contributed by atoms with Gasteiger partial charge in [0.1, 0.15) is 0 Å². The molecule has 1 aromatic carbocycles. The van der Waals surface area contributed by atoms with Crippen molar-refractivity contribution in [3.05, 3.63) is 42.1 Å². The maximum Gasteiger partial charge on any atom is 0.309 e. The van der Waals surface area contributed by atoms with Crippen molar-refractivity contribution in [1.82, 2.24) is 10.3 Å². The Morgan fingerprint density at radius 2 is 2.07 bits per heavy atom. The number of hydrogen-bond acceptors (Lipinski definition) is 2. The Bertz CT molecular complexity index is 454. The van der Waals surface area contributed by atoms with Crippen molar-refractivity contribution in [2.45, 2.75) is 6.54 Å². The molecule has 0 atom stereocenters. The third-order valence-electron chi connectivity index (χ3n) is 2.00. The van der Waals surface area contributed by atoms with Crippen LogP contribution in [0.4, 0.5) is 0 Å². The first-order valence-electron chi connectivity index (χ1n) is 4.35. The fraction of sp³-hybridized carbons (Fsp3) is 0.0909. The topological polar surface area (TPSA) is 42.0 Å². The van der Waals surface area contributed by atoms with Crippen LogP contribution in [0.15, 0.2) is 36.4 Å². The van der Waals surface area contributed by atoms with Crippen molar-refractivity contribution in [2.24, 2.45) is 0 Å². The SMILES string of the molecule is O=[C]NCc1ccc2ccccc2n1. The van der Waals surface area contributed by atoms with E-state index in [4.69, 9.17) is 0 Å². The molecule has 0 saturated heterocycles. The van der Waals surface area contributed by atoms with Crippen molar-refractivity contribution in [2.75, 3.05) is 0 Å². The molecule has 0 spiro atoms. The minimum Gasteiger partial charge on any atom is -0.342 e. The van der Waals surface area contributed by atoms with E-state index in [0.29, 0.717) is 6.54 Å². The first-order valence-corrected chi connectivity index (χ1v) is 4.35. The highest BCUT2D eigenvalue weighted by molar-refractivity contribution is 5.78. The van der Waals surface area contributed by atoms with Crippen LogP contribution < -0.4 is 5.32 Å². The molecule has 1 radical (unpaired) electrons. The molecule has 69 valence electrons. The summed E-state index contributed by atoms with van der Waals surface area (Å²) in [6, 6.07) is 11.8. The van der Waals surface area contributed by atoms with Crippen LogP contribution in [-0.2, 0) is 11.3 Å². The molecular weight excluding hydrogens is 176 g/mol. The summed E-state index contributed by atoms with van der Waals surface area (Å²) in [6.45, 7) is 0.425. The lowest BCUT2D eigenvalue weighted by atomic mass is 10.2. The molecule has 2 aromatic rings. The van der Waals surface area contributed by atoms with E-state index in [9.17, 15) is 4.79 Å². The molecule has 14 heavy (non-hydrogen) atoms. The molecule has 1 aromatic heterocycles. The summed E-state index contributed by atoms with van der Waals surface area (Å²) in [5, 5.41) is 3.56. The number of aromatic nitrogens is 1. The Hall–Kier alpha value is -1.90. The molecule has 3 heteroatoms. The molecule has 0 aliphatic carbocycles. The predicted molar refractivity (Wildman–Crippen MR) is 54.3 cm³/mol. The average molecular weight is 185 g/mol. The molecule has 1 heterocycles. The summed E-state index contributed by atoms with van der Waals surface area (Å²) >= 11 is 0. The molecule has 0 fully saturated rings. The summed E-state index contributed by atoms with van der Waals surface area (Å²) in [7, 11) is 0. The molecule has 1 N–H and O–H groups in total. The predicted octanol–water partition coefficient (Wildman–Crippen LogP) is 1.39. The van der Waals surface area contributed by atoms with Crippen LogP contribution in [0.5, 0.6) is 0 Å². The van der Waals surface area contributed by atoms with E-state index in [-0.39, 0.29) is 0 Å². The molecule has 3 nitrogen and oxygen atoms in total. The number of carbonyl (C=O) groups excluding carboxylic acids is 1. The van der Waals surface area contributed by atoms with Crippen LogP contribution >= 0.6 is 0 Å². The van der Waals surface area contributed by atoms with Crippen LogP contribution in [0.2, 0.25) is 0 Å². The monoisotopic (exact) mass is 185 g/mol. The standard InChI is InChI=1S/C11H9N2O/c14-8-12-7-10-6-5-9-3-1-2-4-11(9)13-10/h1-6H,7H2,(H,12,14). The smallest absolute Gasteiger partial charge is 0.309 e. The first kappa shape index (κ1) is 8.69. The lowest BCUT2D eigenvalue weighted by Gasteiger charge is -2.00. The quantitative estimate of drug-likeness (QED) is 0.734. The molecular formula is C11H9N2O. The van der Waals surface area contributed by atoms with Crippen LogP contribution in [0, 0.1) is 0 Å². The van der Waals surface area contributed by atoms with Crippen LogP contribution in [-0.4, -0.2) is 11.4 Å². The number of nitrogens with one attached hydrogen (secondary N) is 1. The highest BCUT2D eigenvalue weighted by Gasteiger charge is 1.96. The van der Waals surface area contributed by atoms with Gasteiger partial charge in [0, 0.05) is 5.39 Å². The molecule has 0 unspecified atom stereocenters. The van der Waals surface area contributed by atoms with Crippen molar-refractivity contribution in [3.8, 4) is 0 Å². The van der Waals surface area contributed by atoms with Gasteiger partial charge in [0.15, 0.2) is 0 Å². The molecule has 0 aliphatic heterocycles. The van der Waals surface area contributed by atoms with E-state index in [1.165, 1.54) is 0 Å². The van der Waals surface area contributed by atoms with Gasteiger partial charge < -0.3 is 5.32 Å². The zero-order valence-electron chi connectivity index (χ0n) is 7.53. The minimum absolute atomic E-state index is 0.425. The van der Waals surface area contributed by atoms with Crippen molar-refractivity contribution in [3.63, 3.8) is 0 Å². The summed E-state index contributed by atoms with van der Waals surface area (Å²) in [4.78, 5) is 14.3. The number of para-hydroxylation sites is 1. The Morgan fingerprint density at radius 3 is 2.93 bits per heavy atom. The van der Waals surface area contributed by atoms with Crippen LogP contribution in [0.3, 0.4) is 0 Å². The van der Waals surface area contributed by atoms with Gasteiger partial charge in [-0.05, 0) is 12.1 Å². The van der Waals surface area contributed by atoms with Crippen LogP contribution in [0.25, 0.3) is 10.9 Å². The van der Waals surface area contributed by atoms with Gasteiger partial charge in [-0.2, -0.15) is 0 Å². The molecule has 0 bridgehead atoms.